The van der Waals surface area contributed by atoms with Crippen LogP contribution in [0.3, 0.4) is 0 Å². The number of halogens is 1. The fourth-order valence-electron chi connectivity index (χ4n) is 1.66. The molecule has 0 aliphatic heterocycles. The van der Waals surface area contributed by atoms with E-state index < -0.39 is 0 Å². The van der Waals surface area contributed by atoms with Gasteiger partial charge in [-0.1, -0.05) is 22.8 Å². The zero-order valence-electron chi connectivity index (χ0n) is 10.8. The molecule has 0 amide bonds. The van der Waals surface area contributed by atoms with E-state index in [-0.39, 0.29) is 0 Å². The number of methoxy groups -OCH3 is 1. The Bertz CT molecular complexity index is 603. The van der Waals surface area contributed by atoms with E-state index in [1.807, 2.05) is 12.1 Å². The van der Waals surface area contributed by atoms with Gasteiger partial charge in [0.2, 0.25) is 0 Å². The Labute approximate surface area is 121 Å². The number of hydrogen-bond donors (Lipinski definition) is 1. The molecule has 0 unspecified atom stereocenters. The molecule has 0 bridgehead atoms. The summed E-state index contributed by atoms with van der Waals surface area (Å²) in [6.45, 7) is 0.331. The van der Waals surface area contributed by atoms with Crippen molar-refractivity contribution in [2.24, 2.45) is 5.16 Å². The standard InChI is InChI=1S/C14H13ClN2O3/c1-19-13-6-11(8-17-18)5-12(15)14(13)20-9-10-3-2-4-16-7-10/h2-8,18H,9H2,1H3/b17-8+. The van der Waals surface area contributed by atoms with E-state index in [2.05, 4.69) is 10.1 Å². The van der Waals surface area contributed by atoms with Crippen LogP contribution in [0.5, 0.6) is 11.5 Å². The Balaban J connectivity index is 2.22. The molecule has 5 nitrogen and oxygen atoms in total. The molecule has 0 fully saturated rings. The number of pyridine rings is 1. The number of benzene rings is 1. The zero-order valence-corrected chi connectivity index (χ0v) is 11.5. The molecule has 2 rings (SSSR count). The Morgan fingerprint density at radius 3 is 2.95 bits per heavy atom. The Morgan fingerprint density at radius 2 is 2.30 bits per heavy atom. The molecule has 104 valence electrons. The first-order valence-electron chi connectivity index (χ1n) is 5.81. The highest BCUT2D eigenvalue weighted by molar-refractivity contribution is 6.32. The number of hydrogen-bond acceptors (Lipinski definition) is 5. The van der Waals surface area contributed by atoms with Crippen LogP contribution in [0.1, 0.15) is 11.1 Å². The fourth-order valence-corrected chi connectivity index (χ4v) is 1.93. The van der Waals surface area contributed by atoms with Crippen molar-refractivity contribution in [3.05, 3.63) is 52.8 Å². The van der Waals surface area contributed by atoms with Crippen molar-refractivity contribution in [2.75, 3.05) is 7.11 Å². The van der Waals surface area contributed by atoms with Gasteiger partial charge in [0.1, 0.15) is 6.61 Å². The summed E-state index contributed by atoms with van der Waals surface area (Å²) in [5.74, 6) is 0.907. The lowest BCUT2D eigenvalue weighted by atomic mass is 10.2. The molecular weight excluding hydrogens is 280 g/mol. The molecule has 0 saturated carbocycles. The van der Waals surface area contributed by atoms with Gasteiger partial charge in [-0.2, -0.15) is 0 Å². The number of nitrogens with zero attached hydrogens (tertiary/aromatic N) is 2. The second kappa shape index (κ2) is 6.77. The molecule has 6 heteroatoms. The van der Waals surface area contributed by atoms with Crippen molar-refractivity contribution in [2.45, 2.75) is 6.61 Å². The van der Waals surface area contributed by atoms with E-state index >= 15 is 0 Å². The molecule has 0 aliphatic rings. The van der Waals surface area contributed by atoms with E-state index in [0.29, 0.717) is 28.7 Å². The van der Waals surface area contributed by atoms with Gasteiger partial charge in [-0.05, 0) is 18.2 Å². The van der Waals surface area contributed by atoms with Gasteiger partial charge in [-0.25, -0.2) is 0 Å². The van der Waals surface area contributed by atoms with Gasteiger partial charge in [0.05, 0.1) is 18.3 Å². The van der Waals surface area contributed by atoms with Gasteiger partial charge in [-0.15, -0.1) is 0 Å². The van der Waals surface area contributed by atoms with Gasteiger partial charge < -0.3 is 14.7 Å². The van der Waals surface area contributed by atoms with E-state index in [4.69, 9.17) is 26.3 Å². The number of aromatic nitrogens is 1. The third-order valence-corrected chi connectivity index (χ3v) is 2.85. The summed E-state index contributed by atoms with van der Waals surface area (Å²) in [4.78, 5) is 4.01. The first kappa shape index (κ1) is 14.1. The molecule has 0 aliphatic carbocycles. The lowest BCUT2D eigenvalue weighted by Gasteiger charge is -2.13. The summed E-state index contributed by atoms with van der Waals surface area (Å²) >= 11 is 6.15. The third-order valence-electron chi connectivity index (χ3n) is 2.56. The van der Waals surface area contributed by atoms with Crippen molar-refractivity contribution in [1.29, 1.82) is 0 Å². The van der Waals surface area contributed by atoms with Gasteiger partial charge in [0.25, 0.3) is 0 Å². The minimum absolute atomic E-state index is 0.331. The molecule has 0 atom stereocenters. The van der Waals surface area contributed by atoms with Gasteiger partial charge in [0, 0.05) is 23.5 Å². The number of oxime groups is 1. The van der Waals surface area contributed by atoms with Crippen molar-refractivity contribution in [3.63, 3.8) is 0 Å². The van der Waals surface area contributed by atoms with Crippen LogP contribution in [-0.2, 0) is 6.61 Å². The Hall–Kier alpha value is -2.27. The quantitative estimate of drug-likeness (QED) is 0.522. The van der Waals surface area contributed by atoms with Crippen LogP contribution >= 0.6 is 11.6 Å². The van der Waals surface area contributed by atoms with Gasteiger partial charge >= 0.3 is 0 Å². The highest BCUT2D eigenvalue weighted by Gasteiger charge is 2.11. The second-order valence-corrected chi connectivity index (χ2v) is 4.34. The van der Waals surface area contributed by atoms with Crippen LogP contribution < -0.4 is 9.47 Å². The lowest BCUT2D eigenvalue weighted by molar-refractivity contribution is 0.284. The minimum atomic E-state index is 0.331. The smallest absolute Gasteiger partial charge is 0.180 e. The maximum atomic E-state index is 8.54. The molecule has 1 heterocycles. The van der Waals surface area contributed by atoms with Gasteiger partial charge in [-0.3, -0.25) is 4.98 Å². The van der Waals surface area contributed by atoms with E-state index in [0.717, 1.165) is 5.56 Å². The van der Waals surface area contributed by atoms with Crippen molar-refractivity contribution in [3.8, 4) is 11.5 Å². The molecule has 20 heavy (non-hydrogen) atoms. The molecule has 1 N–H and O–H groups in total. The summed E-state index contributed by atoms with van der Waals surface area (Å²) < 4.78 is 10.9. The lowest BCUT2D eigenvalue weighted by Crippen LogP contribution is -1.99. The molecule has 2 aromatic rings. The molecule has 1 aromatic heterocycles. The van der Waals surface area contributed by atoms with Crippen molar-refractivity contribution in [1.82, 2.24) is 4.98 Å². The zero-order chi connectivity index (χ0) is 14.4. The molecule has 0 spiro atoms. The topological polar surface area (TPSA) is 63.9 Å². The highest BCUT2D eigenvalue weighted by atomic mass is 35.5. The first-order valence-corrected chi connectivity index (χ1v) is 6.19. The Kier molecular flexibility index (Phi) is 4.79. The van der Waals surface area contributed by atoms with Crippen LogP contribution in [0.15, 0.2) is 41.8 Å². The summed E-state index contributed by atoms with van der Waals surface area (Å²) in [5, 5.41) is 11.9. The molecule has 0 saturated heterocycles. The van der Waals surface area contributed by atoms with E-state index in [1.54, 1.807) is 24.5 Å². The summed E-state index contributed by atoms with van der Waals surface area (Å²) in [7, 11) is 1.52. The van der Waals surface area contributed by atoms with Crippen molar-refractivity contribution >= 4 is 17.8 Å². The minimum Gasteiger partial charge on any atom is -0.493 e. The SMILES string of the molecule is COc1cc(/C=N/O)cc(Cl)c1OCc1cccnc1. The normalized spacial score (nSPS) is 10.7. The number of rotatable bonds is 5. The van der Waals surface area contributed by atoms with Crippen LogP contribution in [0.4, 0.5) is 0 Å². The molecule has 0 radical (unpaired) electrons. The first-order chi connectivity index (χ1) is 9.74. The van der Waals surface area contributed by atoms with Crippen LogP contribution in [-0.4, -0.2) is 23.5 Å². The van der Waals surface area contributed by atoms with Gasteiger partial charge in [0.15, 0.2) is 11.5 Å². The van der Waals surface area contributed by atoms with Crippen LogP contribution in [0, 0.1) is 0 Å². The summed E-state index contributed by atoms with van der Waals surface area (Å²) in [6.07, 6.45) is 4.67. The van der Waals surface area contributed by atoms with E-state index in [9.17, 15) is 0 Å². The van der Waals surface area contributed by atoms with Crippen LogP contribution in [0.2, 0.25) is 5.02 Å². The predicted octanol–water partition coefficient (Wildman–Crippen LogP) is 3.13. The average Bonchev–Trinajstić information content (AvgIpc) is 2.47. The maximum Gasteiger partial charge on any atom is 0.180 e. The maximum absolute atomic E-state index is 8.54. The largest absolute Gasteiger partial charge is 0.493 e. The van der Waals surface area contributed by atoms with Crippen LogP contribution in [0.25, 0.3) is 0 Å². The predicted molar refractivity (Wildman–Crippen MR) is 76.0 cm³/mol. The fraction of sp³-hybridized carbons (Fsp3) is 0.143. The summed E-state index contributed by atoms with van der Waals surface area (Å²) in [6, 6.07) is 7.03. The molecule has 1 aromatic carbocycles. The monoisotopic (exact) mass is 292 g/mol. The van der Waals surface area contributed by atoms with Crippen molar-refractivity contribution < 1.29 is 14.7 Å². The highest BCUT2D eigenvalue weighted by Crippen LogP contribution is 2.36. The summed E-state index contributed by atoms with van der Waals surface area (Å²) in [5.41, 5.74) is 1.54. The molecular formula is C14H13ClN2O3. The Morgan fingerprint density at radius 1 is 1.45 bits per heavy atom. The van der Waals surface area contributed by atoms with E-state index in [1.165, 1.54) is 13.3 Å². The average molecular weight is 293 g/mol. The number of ether oxygens (including phenoxy) is 2. The third kappa shape index (κ3) is 3.39. The second-order valence-electron chi connectivity index (χ2n) is 3.93.